The van der Waals surface area contributed by atoms with Crippen molar-refractivity contribution < 1.29 is 18.7 Å². The molecule has 150 valence electrons. The van der Waals surface area contributed by atoms with Crippen LogP contribution in [0.3, 0.4) is 0 Å². The summed E-state index contributed by atoms with van der Waals surface area (Å²) in [5.41, 5.74) is 1.50. The lowest BCUT2D eigenvalue weighted by Gasteiger charge is -2.04. The van der Waals surface area contributed by atoms with Gasteiger partial charge >= 0.3 is 5.97 Å². The first-order valence-electron chi connectivity index (χ1n) is 8.93. The van der Waals surface area contributed by atoms with Crippen molar-refractivity contribution in [3.8, 4) is 0 Å². The lowest BCUT2D eigenvalue weighted by molar-refractivity contribution is -0.113. The molecule has 0 spiro atoms. The number of esters is 1. The third-order valence-corrected chi connectivity index (χ3v) is 5.08. The second kappa shape index (κ2) is 9.88. The van der Waals surface area contributed by atoms with Crippen molar-refractivity contribution in [2.45, 2.75) is 17.9 Å². The number of carbonyl (C=O) groups excluding carboxylic acids is 2. The minimum atomic E-state index is -0.620. The summed E-state index contributed by atoms with van der Waals surface area (Å²) in [7, 11) is 1.27. The number of rotatable bonds is 8. The van der Waals surface area contributed by atoms with Crippen molar-refractivity contribution in [2.24, 2.45) is 0 Å². The highest BCUT2D eigenvalue weighted by molar-refractivity contribution is 8.00. The molecule has 8 heteroatoms. The van der Waals surface area contributed by atoms with Gasteiger partial charge in [-0.2, -0.15) is 5.10 Å². The van der Waals surface area contributed by atoms with Crippen LogP contribution in [0.25, 0.3) is 0 Å². The minimum absolute atomic E-state index is 0.0562. The van der Waals surface area contributed by atoms with Crippen LogP contribution in [-0.2, 0) is 22.5 Å². The Morgan fingerprint density at radius 1 is 1.14 bits per heavy atom. The van der Waals surface area contributed by atoms with Gasteiger partial charge in [0.2, 0.25) is 5.91 Å². The first-order valence-corrected chi connectivity index (χ1v) is 9.91. The van der Waals surface area contributed by atoms with Crippen LogP contribution in [0.15, 0.2) is 65.7 Å². The van der Waals surface area contributed by atoms with Crippen LogP contribution in [0.4, 0.5) is 10.1 Å². The number of benzene rings is 2. The molecule has 0 bridgehead atoms. The zero-order chi connectivity index (χ0) is 20.6. The standard InChI is InChI=1S/C21H20FN3O3S/c1-28-21(27)20-18(13-25(24-20)12-11-15-5-3-2-4-6-15)23-19(26)14-29-17-9-7-16(22)8-10-17/h2-10,13H,11-12,14H2,1H3,(H,23,26). The van der Waals surface area contributed by atoms with Gasteiger partial charge in [-0.15, -0.1) is 11.8 Å². The van der Waals surface area contributed by atoms with Crippen LogP contribution in [0.5, 0.6) is 0 Å². The molecule has 6 nitrogen and oxygen atoms in total. The number of anilines is 1. The number of amides is 1. The van der Waals surface area contributed by atoms with Gasteiger partial charge in [0.1, 0.15) is 5.82 Å². The van der Waals surface area contributed by atoms with Crippen LogP contribution in [0, 0.1) is 5.82 Å². The molecule has 1 heterocycles. The molecule has 29 heavy (non-hydrogen) atoms. The smallest absolute Gasteiger partial charge is 0.360 e. The molecule has 0 saturated carbocycles. The third-order valence-electron chi connectivity index (χ3n) is 4.07. The zero-order valence-electron chi connectivity index (χ0n) is 15.8. The fourth-order valence-electron chi connectivity index (χ4n) is 2.63. The van der Waals surface area contributed by atoms with Gasteiger partial charge in [-0.1, -0.05) is 30.3 Å². The van der Waals surface area contributed by atoms with E-state index in [0.29, 0.717) is 12.2 Å². The summed E-state index contributed by atoms with van der Waals surface area (Å²) in [6, 6.07) is 15.8. The topological polar surface area (TPSA) is 73.2 Å². The van der Waals surface area contributed by atoms with Crippen molar-refractivity contribution in [3.05, 3.63) is 77.9 Å². The van der Waals surface area contributed by atoms with E-state index in [1.165, 1.54) is 31.0 Å². The summed E-state index contributed by atoms with van der Waals surface area (Å²) >= 11 is 1.27. The van der Waals surface area contributed by atoms with E-state index in [0.717, 1.165) is 16.9 Å². The third kappa shape index (κ3) is 5.92. The molecule has 2 aromatic carbocycles. The van der Waals surface area contributed by atoms with E-state index in [1.807, 2.05) is 30.3 Å². The Morgan fingerprint density at radius 2 is 1.86 bits per heavy atom. The zero-order valence-corrected chi connectivity index (χ0v) is 16.6. The highest BCUT2D eigenvalue weighted by Crippen LogP contribution is 2.20. The predicted octanol–water partition coefficient (Wildman–Crippen LogP) is 3.78. The number of nitrogens with zero attached hydrogens (tertiary/aromatic N) is 2. The molecule has 0 aliphatic heterocycles. The predicted molar refractivity (Wildman–Crippen MR) is 109 cm³/mol. The van der Waals surface area contributed by atoms with Gasteiger partial charge in [0.25, 0.3) is 0 Å². The summed E-state index contributed by atoms with van der Waals surface area (Å²) in [4.78, 5) is 25.1. The molecule has 3 rings (SSSR count). The second-order valence-corrected chi connectivity index (χ2v) is 7.22. The number of aryl methyl sites for hydroxylation is 2. The summed E-state index contributed by atoms with van der Waals surface area (Å²) in [6.45, 7) is 0.550. The maximum atomic E-state index is 13.0. The molecule has 0 aliphatic carbocycles. The molecular weight excluding hydrogens is 393 g/mol. The Kier molecular flexibility index (Phi) is 7.02. The molecule has 1 amide bonds. The van der Waals surface area contributed by atoms with Gasteiger partial charge in [0.05, 0.1) is 18.6 Å². The molecule has 0 radical (unpaired) electrons. The number of methoxy groups -OCH3 is 1. The largest absolute Gasteiger partial charge is 0.464 e. The van der Waals surface area contributed by atoms with Crippen LogP contribution in [-0.4, -0.2) is 34.5 Å². The van der Waals surface area contributed by atoms with Crippen molar-refractivity contribution in [1.82, 2.24) is 9.78 Å². The number of thioether (sulfide) groups is 1. The average Bonchev–Trinajstić information content (AvgIpc) is 3.14. The Bertz CT molecular complexity index is 975. The van der Waals surface area contributed by atoms with E-state index < -0.39 is 5.97 Å². The molecular formula is C21H20FN3O3S. The monoisotopic (exact) mass is 413 g/mol. The summed E-state index contributed by atoms with van der Waals surface area (Å²) < 4.78 is 19.3. The first-order chi connectivity index (χ1) is 14.0. The highest BCUT2D eigenvalue weighted by atomic mass is 32.2. The van der Waals surface area contributed by atoms with Gasteiger partial charge in [0.15, 0.2) is 5.69 Å². The van der Waals surface area contributed by atoms with Crippen LogP contribution < -0.4 is 5.32 Å². The van der Waals surface area contributed by atoms with Crippen molar-refractivity contribution in [3.63, 3.8) is 0 Å². The van der Waals surface area contributed by atoms with E-state index in [1.54, 1.807) is 23.0 Å². The Labute approximate surface area is 172 Å². The Hall–Kier alpha value is -3.13. The number of hydrogen-bond donors (Lipinski definition) is 1. The number of aromatic nitrogens is 2. The van der Waals surface area contributed by atoms with Crippen LogP contribution in [0.2, 0.25) is 0 Å². The van der Waals surface area contributed by atoms with E-state index in [-0.39, 0.29) is 23.2 Å². The van der Waals surface area contributed by atoms with E-state index in [4.69, 9.17) is 4.74 Å². The van der Waals surface area contributed by atoms with Gasteiger partial charge < -0.3 is 10.1 Å². The fraction of sp³-hybridized carbons (Fsp3) is 0.190. The summed E-state index contributed by atoms with van der Waals surface area (Å²) in [5.74, 6) is -1.14. The fourth-order valence-corrected chi connectivity index (χ4v) is 3.33. The normalized spacial score (nSPS) is 10.6. The SMILES string of the molecule is COC(=O)c1nn(CCc2ccccc2)cc1NC(=O)CSc1ccc(F)cc1. The summed E-state index contributed by atoms with van der Waals surface area (Å²) in [6.07, 6.45) is 2.35. The lowest BCUT2D eigenvalue weighted by atomic mass is 10.1. The van der Waals surface area contributed by atoms with Gasteiger partial charge in [0, 0.05) is 17.6 Å². The van der Waals surface area contributed by atoms with Gasteiger partial charge in [-0.3, -0.25) is 9.48 Å². The number of ether oxygens (including phenoxy) is 1. The molecule has 0 fully saturated rings. The molecule has 3 aromatic rings. The molecule has 0 aliphatic rings. The van der Waals surface area contributed by atoms with Crippen LogP contribution >= 0.6 is 11.8 Å². The Balaban J connectivity index is 1.64. The van der Waals surface area contributed by atoms with Gasteiger partial charge in [-0.25, -0.2) is 9.18 Å². The van der Waals surface area contributed by atoms with Gasteiger partial charge in [-0.05, 0) is 36.2 Å². The minimum Gasteiger partial charge on any atom is -0.464 e. The van der Waals surface area contributed by atoms with Crippen molar-refractivity contribution >= 4 is 29.3 Å². The highest BCUT2D eigenvalue weighted by Gasteiger charge is 2.19. The Morgan fingerprint density at radius 3 is 2.55 bits per heavy atom. The first kappa shape index (κ1) is 20.6. The van der Waals surface area contributed by atoms with E-state index >= 15 is 0 Å². The second-order valence-electron chi connectivity index (χ2n) is 6.17. The molecule has 1 N–H and O–H groups in total. The van der Waals surface area contributed by atoms with Crippen LogP contribution in [0.1, 0.15) is 16.1 Å². The average molecular weight is 413 g/mol. The quantitative estimate of drug-likeness (QED) is 0.449. The maximum Gasteiger partial charge on any atom is 0.360 e. The maximum absolute atomic E-state index is 13.0. The summed E-state index contributed by atoms with van der Waals surface area (Å²) in [5, 5.41) is 6.96. The molecule has 0 unspecified atom stereocenters. The number of hydrogen-bond acceptors (Lipinski definition) is 5. The molecule has 1 aromatic heterocycles. The van der Waals surface area contributed by atoms with E-state index in [9.17, 15) is 14.0 Å². The lowest BCUT2D eigenvalue weighted by Crippen LogP contribution is -2.16. The molecule has 0 atom stereocenters. The number of nitrogens with one attached hydrogen (secondary N) is 1. The van der Waals surface area contributed by atoms with Crippen molar-refractivity contribution in [2.75, 3.05) is 18.2 Å². The number of carbonyl (C=O) groups is 2. The van der Waals surface area contributed by atoms with E-state index in [2.05, 4.69) is 10.4 Å². The molecule has 0 saturated heterocycles. The number of halogens is 1. The van der Waals surface area contributed by atoms with Crippen molar-refractivity contribution in [1.29, 1.82) is 0 Å².